The molecule has 1 aromatic heterocycles. The van der Waals surface area contributed by atoms with Gasteiger partial charge >= 0.3 is 5.63 Å². The van der Waals surface area contributed by atoms with Crippen molar-refractivity contribution in [1.29, 1.82) is 0 Å². The Balaban J connectivity index is 2.00. The Morgan fingerprint density at radius 1 is 1.46 bits per heavy atom. The van der Waals surface area contributed by atoms with E-state index < -0.39 is 17.3 Å². The molecule has 24 heavy (non-hydrogen) atoms. The summed E-state index contributed by atoms with van der Waals surface area (Å²) >= 11 is 0. The molecule has 2 atom stereocenters. The van der Waals surface area contributed by atoms with Gasteiger partial charge in [-0.1, -0.05) is 11.6 Å². The molecule has 5 nitrogen and oxygen atoms in total. The van der Waals surface area contributed by atoms with Crippen molar-refractivity contribution in [2.75, 3.05) is 7.11 Å². The summed E-state index contributed by atoms with van der Waals surface area (Å²) in [4.78, 5) is 12.3. The summed E-state index contributed by atoms with van der Waals surface area (Å²) in [6.45, 7) is 5.70. The number of fused-ring (bicyclic) bond motifs is 3. The molecule has 5 heteroatoms. The van der Waals surface area contributed by atoms with Crippen LogP contribution in [0.25, 0.3) is 11.0 Å². The Kier molecular flexibility index (Phi) is 4.13. The van der Waals surface area contributed by atoms with E-state index in [0.29, 0.717) is 40.9 Å². The standard InChI is InChI=1S/C19H22O5/c1-11(2)7-8-19(3,21)16-10-14-17(24-16)13-6-5-12(22-4)9-15(13)23-18(14)20/h5-7,9,16,21H,8,10H2,1-4H3. The van der Waals surface area contributed by atoms with Crippen LogP contribution in [0.15, 0.2) is 39.1 Å². The fraction of sp³-hybridized carbons (Fsp3) is 0.421. The van der Waals surface area contributed by atoms with Crippen LogP contribution in [-0.2, 0) is 6.42 Å². The first-order valence-electron chi connectivity index (χ1n) is 7.98. The maximum atomic E-state index is 12.3. The van der Waals surface area contributed by atoms with Gasteiger partial charge < -0.3 is 19.0 Å². The highest BCUT2D eigenvalue weighted by atomic mass is 16.5. The van der Waals surface area contributed by atoms with Gasteiger partial charge in [-0.05, 0) is 39.3 Å². The van der Waals surface area contributed by atoms with E-state index in [4.69, 9.17) is 13.9 Å². The third kappa shape index (κ3) is 2.91. The zero-order chi connectivity index (χ0) is 17.5. The number of rotatable bonds is 4. The van der Waals surface area contributed by atoms with Gasteiger partial charge in [0.15, 0.2) is 0 Å². The van der Waals surface area contributed by atoms with E-state index >= 15 is 0 Å². The lowest BCUT2D eigenvalue weighted by Gasteiger charge is -2.28. The maximum absolute atomic E-state index is 12.3. The number of hydrogen-bond donors (Lipinski definition) is 1. The van der Waals surface area contributed by atoms with Crippen LogP contribution in [0.2, 0.25) is 0 Å². The number of ether oxygens (including phenoxy) is 2. The Hall–Kier alpha value is -2.27. The van der Waals surface area contributed by atoms with Crippen molar-refractivity contribution in [3.05, 3.63) is 45.8 Å². The molecular weight excluding hydrogens is 308 g/mol. The molecule has 1 N–H and O–H groups in total. The van der Waals surface area contributed by atoms with Crippen molar-refractivity contribution in [1.82, 2.24) is 0 Å². The molecule has 0 aliphatic carbocycles. The average Bonchev–Trinajstić information content (AvgIpc) is 2.99. The molecule has 0 radical (unpaired) electrons. The topological polar surface area (TPSA) is 68.9 Å². The molecule has 0 saturated heterocycles. The minimum absolute atomic E-state index is 0.337. The minimum Gasteiger partial charge on any atom is -0.497 e. The number of aliphatic hydroxyl groups is 1. The Labute approximate surface area is 140 Å². The molecule has 128 valence electrons. The Morgan fingerprint density at radius 2 is 2.21 bits per heavy atom. The van der Waals surface area contributed by atoms with Gasteiger partial charge in [-0.25, -0.2) is 4.79 Å². The van der Waals surface area contributed by atoms with Crippen molar-refractivity contribution in [2.45, 2.75) is 45.3 Å². The number of benzene rings is 1. The minimum atomic E-state index is -1.07. The SMILES string of the molecule is COc1ccc2c3c(c(=O)oc2c1)CC(C(C)(O)CC=C(C)C)O3. The van der Waals surface area contributed by atoms with Gasteiger partial charge in [0.25, 0.3) is 0 Å². The van der Waals surface area contributed by atoms with Crippen molar-refractivity contribution >= 4 is 11.0 Å². The van der Waals surface area contributed by atoms with Gasteiger partial charge in [0.05, 0.1) is 18.1 Å². The maximum Gasteiger partial charge on any atom is 0.343 e. The van der Waals surface area contributed by atoms with Gasteiger partial charge in [-0.2, -0.15) is 0 Å². The molecule has 2 aromatic rings. The van der Waals surface area contributed by atoms with E-state index in [9.17, 15) is 9.90 Å². The third-order valence-electron chi connectivity index (χ3n) is 4.42. The predicted octanol–water partition coefficient (Wildman–Crippen LogP) is 3.21. The average molecular weight is 330 g/mol. The predicted molar refractivity (Wildman–Crippen MR) is 91.8 cm³/mol. The fourth-order valence-electron chi connectivity index (χ4n) is 2.89. The number of allylic oxidation sites excluding steroid dienone is 1. The lowest BCUT2D eigenvalue weighted by molar-refractivity contribution is -0.0352. The lowest BCUT2D eigenvalue weighted by atomic mass is 9.91. The molecular formula is C19H22O5. The quantitative estimate of drug-likeness (QED) is 0.688. The van der Waals surface area contributed by atoms with Gasteiger partial charge in [-0.3, -0.25) is 0 Å². The first kappa shape index (κ1) is 16.6. The summed E-state index contributed by atoms with van der Waals surface area (Å²) in [5.74, 6) is 1.11. The molecule has 2 heterocycles. The number of hydrogen-bond acceptors (Lipinski definition) is 5. The van der Waals surface area contributed by atoms with Crippen LogP contribution in [0.3, 0.4) is 0 Å². The zero-order valence-corrected chi connectivity index (χ0v) is 14.4. The van der Waals surface area contributed by atoms with Crippen molar-refractivity contribution < 1.29 is 19.0 Å². The van der Waals surface area contributed by atoms with Crippen LogP contribution < -0.4 is 15.1 Å². The van der Waals surface area contributed by atoms with E-state index in [1.165, 1.54) is 0 Å². The van der Waals surface area contributed by atoms with Gasteiger partial charge in [-0.15, -0.1) is 0 Å². The van der Waals surface area contributed by atoms with E-state index in [1.54, 1.807) is 26.2 Å². The highest BCUT2D eigenvalue weighted by Gasteiger charge is 2.40. The number of methoxy groups -OCH3 is 1. The summed E-state index contributed by atoms with van der Waals surface area (Å²) in [6.07, 6.45) is 2.28. The van der Waals surface area contributed by atoms with Gasteiger partial charge in [0.2, 0.25) is 0 Å². The molecule has 0 saturated carbocycles. The molecule has 1 aliphatic rings. The van der Waals surface area contributed by atoms with E-state index in [-0.39, 0.29) is 0 Å². The van der Waals surface area contributed by atoms with Gasteiger partial charge in [0.1, 0.15) is 28.8 Å². The largest absolute Gasteiger partial charge is 0.497 e. The van der Waals surface area contributed by atoms with E-state index in [2.05, 4.69) is 0 Å². The molecule has 1 aromatic carbocycles. The van der Waals surface area contributed by atoms with Crippen LogP contribution in [0.4, 0.5) is 0 Å². The summed E-state index contributed by atoms with van der Waals surface area (Å²) in [6, 6.07) is 5.26. The summed E-state index contributed by atoms with van der Waals surface area (Å²) < 4.78 is 16.6. The third-order valence-corrected chi connectivity index (χ3v) is 4.42. The molecule has 0 bridgehead atoms. The summed E-state index contributed by atoms with van der Waals surface area (Å²) in [7, 11) is 1.56. The molecule has 3 rings (SSSR count). The van der Waals surface area contributed by atoms with Crippen molar-refractivity contribution in [3.63, 3.8) is 0 Å². The summed E-state index contributed by atoms with van der Waals surface area (Å²) in [5.41, 5.74) is 0.536. The monoisotopic (exact) mass is 330 g/mol. The first-order chi connectivity index (χ1) is 11.3. The molecule has 0 amide bonds. The molecule has 1 aliphatic heterocycles. The second-order valence-electron chi connectivity index (χ2n) is 6.71. The Morgan fingerprint density at radius 3 is 2.88 bits per heavy atom. The van der Waals surface area contributed by atoms with Crippen LogP contribution >= 0.6 is 0 Å². The van der Waals surface area contributed by atoms with Crippen LogP contribution in [0.1, 0.15) is 32.8 Å². The van der Waals surface area contributed by atoms with E-state index in [1.807, 2.05) is 26.0 Å². The fourth-order valence-corrected chi connectivity index (χ4v) is 2.89. The van der Waals surface area contributed by atoms with Crippen LogP contribution in [0, 0.1) is 0 Å². The second-order valence-corrected chi connectivity index (χ2v) is 6.71. The second kappa shape index (κ2) is 5.98. The van der Waals surface area contributed by atoms with Crippen LogP contribution in [0.5, 0.6) is 11.5 Å². The van der Waals surface area contributed by atoms with Crippen LogP contribution in [-0.4, -0.2) is 23.9 Å². The normalized spacial score (nSPS) is 18.6. The first-order valence-corrected chi connectivity index (χ1v) is 7.98. The zero-order valence-electron chi connectivity index (χ0n) is 14.4. The highest BCUT2D eigenvalue weighted by molar-refractivity contribution is 5.86. The summed E-state index contributed by atoms with van der Waals surface area (Å²) in [5, 5.41) is 11.5. The Bertz CT molecular complexity index is 856. The molecule has 0 spiro atoms. The lowest BCUT2D eigenvalue weighted by Crippen LogP contribution is -2.42. The van der Waals surface area contributed by atoms with Crippen molar-refractivity contribution in [2.24, 2.45) is 0 Å². The highest BCUT2D eigenvalue weighted by Crippen LogP contribution is 2.39. The smallest absolute Gasteiger partial charge is 0.343 e. The molecule has 0 fully saturated rings. The van der Waals surface area contributed by atoms with E-state index in [0.717, 1.165) is 5.57 Å². The molecule has 2 unspecified atom stereocenters. The van der Waals surface area contributed by atoms with Crippen molar-refractivity contribution in [3.8, 4) is 11.5 Å². The van der Waals surface area contributed by atoms with Gasteiger partial charge in [0, 0.05) is 12.5 Å².